The van der Waals surface area contributed by atoms with Gasteiger partial charge in [0.05, 0.1) is 0 Å². The van der Waals surface area contributed by atoms with Crippen molar-refractivity contribution < 1.29 is 4.74 Å². The van der Waals surface area contributed by atoms with E-state index in [0.717, 1.165) is 15.2 Å². The van der Waals surface area contributed by atoms with E-state index in [1.165, 1.54) is 0 Å². The number of fused-ring (bicyclic) bond motifs is 1. The molecule has 0 aliphatic carbocycles. The third kappa shape index (κ3) is 2.91. The number of hydrogen-bond donors (Lipinski definition) is 1. The van der Waals surface area contributed by atoms with Crippen LogP contribution < -0.4 is 10.5 Å². The number of nitrogen functional groups attached to an aromatic ring is 1. The molecule has 3 aromatic rings. The van der Waals surface area contributed by atoms with Gasteiger partial charge in [0.2, 0.25) is 0 Å². The Morgan fingerprint density at radius 2 is 1.65 bits per heavy atom. The Morgan fingerprint density at radius 3 is 2.45 bits per heavy atom. The van der Waals surface area contributed by atoms with Crippen LogP contribution in [0.1, 0.15) is 0 Å². The first-order valence-corrected chi connectivity index (χ1v) is 7.36. The van der Waals surface area contributed by atoms with E-state index in [9.17, 15) is 0 Å². The SMILES string of the molecule is Nc1cc(Br)nc(Oc2ccc3cc(Br)ccc3c2)n1. The van der Waals surface area contributed by atoms with Crippen LogP contribution in [0.25, 0.3) is 10.8 Å². The number of anilines is 1. The van der Waals surface area contributed by atoms with Gasteiger partial charge >= 0.3 is 6.01 Å². The lowest BCUT2D eigenvalue weighted by atomic mass is 10.1. The maximum atomic E-state index is 5.65. The molecule has 0 unspecified atom stereocenters. The van der Waals surface area contributed by atoms with Crippen molar-refractivity contribution in [2.45, 2.75) is 0 Å². The molecule has 1 heterocycles. The van der Waals surface area contributed by atoms with Crippen LogP contribution in [-0.4, -0.2) is 9.97 Å². The van der Waals surface area contributed by atoms with Gasteiger partial charge in [-0.2, -0.15) is 9.97 Å². The van der Waals surface area contributed by atoms with Crippen molar-refractivity contribution in [3.05, 3.63) is 51.5 Å². The molecule has 0 bridgehead atoms. The number of nitrogens with two attached hydrogens (primary N) is 1. The van der Waals surface area contributed by atoms with E-state index in [2.05, 4.69) is 41.8 Å². The number of nitrogens with zero attached hydrogens (tertiary/aromatic N) is 2. The predicted octanol–water partition coefficient (Wildman–Crippen LogP) is 4.53. The van der Waals surface area contributed by atoms with Crippen molar-refractivity contribution in [2.75, 3.05) is 5.73 Å². The average Bonchev–Trinajstić information content (AvgIpc) is 2.38. The van der Waals surface area contributed by atoms with E-state index in [-0.39, 0.29) is 6.01 Å². The third-order valence-electron chi connectivity index (χ3n) is 2.68. The lowest BCUT2D eigenvalue weighted by molar-refractivity contribution is 0.442. The molecule has 0 saturated carbocycles. The van der Waals surface area contributed by atoms with Gasteiger partial charge in [-0.15, -0.1) is 0 Å². The molecule has 0 saturated heterocycles. The van der Waals surface area contributed by atoms with Gasteiger partial charge in [-0.25, -0.2) is 0 Å². The minimum Gasteiger partial charge on any atom is -0.424 e. The lowest BCUT2D eigenvalue weighted by Gasteiger charge is -2.06. The average molecular weight is 395 g/mol. The van der Waals surface area contributed by atoms with Crippen molar-refractivity contribution in [2.24, 2.45) is 0 Å². The number of halogens is 2. The standard InChI is InChI=1S/C14H9Br2N3O/c15-10-3-1-9-6-11(4-2-8(9)5-10)20-14-18-12(16)7-13(17)19-14/h1-7H,(H2,17,18,19). The van der Waals surface area contributed by atoms with E-state index in [1.807, 2.05) is 36.4 Å². The van der Waals surface area contributed by atoms with Gasteiger partial charge in [0, 0.05) is 10.5 Å². The minimum atomic E-state index is 0.216. The summed E-state index contributed by atoms with van der Waals surface area (Å²) < 4.78 is 7.27. The molecule has 4 nitrogen and oxygen atoms in total. The molecule has 3 rings (SSSR count). The first-order chi connectivity index (χ1) is 9.60. The fourth-order valence-corrected chi connectivity index (χ4v) is 2.59. The molecule has 0 radical (unpaired) electrons. The van der Waals surface area contributed by atoms with Gasteiger partial charge < -0.3 is 10.5 Å². The van der Waals surface area contributed by atoms with Crippen LogP contribution in [0.4, 0.5) is 5.82 Å². The summed E-state index contributed by atoms with van der Waals surface area (Å²) in [7, 11) is 0. The number of aromatic nitrogens is 2. The second kappa shape index (κ2) is 5.38. The fraction of sp³-hybridized carbons (Fsp3) is 0. The van der Waals surface area contributed by atoms with E-state index in [1.54, 1.807) is 6.07 Å². The van der Waals surface area contributed by atoms with Gasteiger partial charge in [0.1, 0.15) is 16.2 Å². The minimum absolute atomic E-state index is 0.216. The zero-order valence-electron chi connectivity index (χ0n) is 10.2. The summed E-state index contributed by atoms with van der Waals surface area (Å²) in [6, 6.07) is 13.7. The normalized spacial score (nSPS) is 10.7. The highest BCUT2D eigenvalue weighted by molar-refractivity contribution is 9.10. The van der Waals surface area contributed by atoms with Gasteiger partial charge in [-0.1, -0.05) is 28.1 Å². The maximum Gasteiger partial charge on any atom is 0.325 e. The Bertz CT molecular complexity index is 772. The number of benzene rings is 2. The van der Waals surface area contributed by atoms with Gasteiger partial charge in [0.25, 0.3) is 0 Å². The monoisotopic (exact) mass is 393 g/mol. The highest BCUT2D eigenvalue weighted by Crippen LogP contribution is 2.27. The predicted molar refractivity (Wildman–Crippen MR) is 85.9 cm³/mol. The quantitative estimate of drug-likeness (QED) is 0.648. The Balaban J connectivity index is 1.96. The number of hydrogen-bond acceptors (Lipinski definition) is 4. The molecule has 2 aromatic carbocycles. The van der Waals surface area contributed by atoms with Gasteiger partial charge in [0.15, 0.2) is 0 Å². The van der Waals surface area contributed by atoms with Crippen molar-refractivity contribution in [1.82, 2.24) is 9.97 Å². The molecular weight excluding hydrogens is 386 g/mol. The molecule has 0 aliphatic heterocycles. The first kappa shape index (κ1) is 13.3. The number of rotatable bonds is 2. The van der Waals surface area contributed by atoms with E-state index < -0.39 is 0 Å². The van der Waals surface area contributed by atoms with Crippen molar-refractivity contribution >= 4 is 48.5 Å². The molecule has 0 amide bonds. The molecule has 0 atom stereocenters. The molecule has 0 fully saturated rings. The molecule has 20 heavy (non-hydrogen) atoms. The zero-order valence-corrected chi connectivity index (χ0v) is 13.3. The van der Waals surface area contributed by atoms with Crippen LogP contribution in [0.15, 0.2) is 51.5 Å². The summed E-state index contributed by atoms with van der Waals surface area (Å²) >= 11 is 6.71. The zero-order chi connectivity index (χ0) is 14.1. The molecule has 0 aliphatic rings. The van der Waals surface area contributed by atoms with Crippen LogP contribution in [0, 0.1) is 0 Å². The highest BCUT2D eigenvalue weighted by Gasteiger charge is 2.05. The van der Waals surface area contributed by atoms with E-state index >= 15 is 0 Å². The van der Waals surface area contributed by atoms with E-state index in [0.29, 0.717) is 16.2 Å². The Kier molecular flexibility index (Phi) is 3.58. The first-order valence-electron chi connectivity index (χ1n) is 5.77. The Hall–Kier alpha value is -1.66. The molecule has 1 aromatic heterocycles. The van der Waals surface area contributed by atoms with Crippen LogP contribution in [0.5, 0.6) is 11.8 Å². The van der Waals surface area contributed by atoms with Crippen molar-refractivity contribution in [3.8, 4) is 11.8 Å². The van der Waals surface area contributed by atoms with E-state index in [4.69, 9.17) is 10.5 Å². The summed E-state index contributed by atoms with van der Waals surface area (Å²) in [4.78, 5) is 8.15. The molecule has 2 N–H and O–H groups in total. The van der Waals surface area contributed by atoms with Crippen LogP contribution in [0.3, 0.4) is 0 Å². The Labute approximate surface area is 132 Å². The summed E-state index contributed by atoms with van der Waals surface area (Å²) in [5.41, 5.74) is 5.65. The summed E-state index contributed by atoms with van der Waals surface area (Å²) in [6.07, 6.45) is 0. The summed E-state index contributed by atoms with van der Waals surface area (Å²) in [5, 5.41) is 2.20. The highest BCUT2D eigenvalue weighted by atomic mass is 79.9. The van der Waals surface area contributed by atoms with Crippen molar-refractivity contribution in [3.63, 3.8) is 0 Å². The second-order valence-electron chi connectivity index (χ2n) is 4.15. The summed E-state index contributed by atoms with van der Waals surface area (Å²) in [5.74, 6) is 1.02. The van der Waals surface area contributed by atoms with Crippen LogP contribution >= 0.6 is 31.9 Å². The summed E-state index contributed by atoms with van der Waals surface area (Å²) in [6.45, 7) is 0. The molecule has 100 valence electrons. The molecular formula is C14H9Br2N3O. The maximum absolute atomic E-state index is 5.65. The van der Waals surface area contributed by atoms with Crippen LogP contribution in [-0.2, 0) is 0 Å². The van der Waals surface area contributed by atoms with Gasteiger partial charge in [-0.3, -0.25) is 0 Å². The van der Waals surface area contributed by atoms with Gasteiger partial charge in [-0.05, 0) is 51.0 Å². The molecule has 0 spiro atoms. The second-order valence-corrected chi connectivity index (χ2v) is 5.88. The Morgan fingerprint density at radius 1 is 0.900 bits per heavy atom. The third-order valence-corrected chi connectivity index (χ3v) is 3.58. The smallest absolute Gasteiger partial charge is 0.325 e. The molecule has 6 heteroatoms. The number of ether oxygens (including phenoxy) is 1. The topological polar surface area (TPSA) is 61.0 Å². The largest absolute Gasteiger partial charge is 0.424 e. The fourth-order valence-electron chi connectivity index (χ4n) is 1.82. The van der Waals surface area contributed by atoms with Crippen molar-refractivity contribution in [1.29, 1.82) is 0 Å². The van der Waals surface area contributed by atoms with Crippen LogP contribution in [0.2, 0.25) is 0 Å². The lowest BCUT2D eigenvalue weighted by Crippen LogP contribution is -1.97.